The number of carbonyl (C=O) groups is 1. The van der Waals surface area contributed by atoms with Crippen LogP contribution in [-0.2, 0) is 13.5 Å². The van der Waals surface area contributed by atoms with Crippen molar-refractivity contribution < 1.29 is 9.90 Å². The molecule has 1 N–H and O–H groups in total. The summed E-state index contributed by atoms with van der Waals surface area (Å²) in [5.41, 5.74) is 2.53. The van der Waals surface area contributed by atoms with Gasteiger partial charge >= 0.3 is 5.97 Å². The third-order valence-electron chi connectivity index (χ3n) is 2.69. The van der Waals surface area contributed by atoms with Crippen LogP contribution < -0.4 is 0 Å². The molecular formula is C11H13N3O2S. The number of hydrogen-bond acceptors (Lipinski definition) is 4. The number of aromatic carboxylic acids is 1. The first kappa shape index (κ1) is 11.8. The first-order valence-electron chi connectivity index (χ1n) is 5.26. The zero-order chi connectivity index (χ0) is 12.6. The Morgan fingerprint density at radius 3 is 2.71 bits per heavy atom. The average Bonchev–Trinajstić information content (AvgIpc) is 2.84. The molecule has 2 aromatic heterocycles. The van der Waals surface area contributed by atoms with Crippen LogP contribution in [0.15, 0.2) is 6.20 Å². The highest BCUT2D eigenvalue weighted by atomic mass is 32.1. The Morgan fingerprint density at radius 2 is 2.29 bits per heavy atom. The van der Waals surface area contributed by atoms with Crippen molar-refractivity contribution in [1.29, 1.82) is 0 Å². The van der Waals surface area contributed by atoms with Crippen molar-refractivity contribution >= 4 is 17.3 Å². The summed E-state index contributed by atoms with van der Waals surface area (Å²) in [5, 5.41) is 13.9. The molecule has 0 saturated carbocycles. The monoisotopic (exact) mass is 251 g/mol. The molecule has 90 valence electrons. The van der Waals surface area contributed by atoms with Crippen molar-refractivity contribution in [1.82, 2.24) is 14.8 Å². The van der Waals surface area contributed by atoms with E-state index in [9.17, 15) is 4.79 Å². The molecule has 2 heterocycles. The van der Waals surface area contributed by atoms with Gasteiger partial charge in [-0.25, -0.2) is 9.78 Å². The van der Waals surface area contributed by atoms with Crippen LogP contribution >= 0.6 is 11.3 Å². The third-order valence-corrected chi connectivity index (χ3v) is 3.81. The SMILES string of the molecule is CCc1nc(-c2cnn(C)c2C)sc1C(=O)O. The van der Waals surface area contributed by atoms with Gasteiger partial charge in [-0.05, 0) is 13.3 Å². The summed E-state index contributed by atoms with van der Waals surface area (Å²) < 4.78 is 1.75. The van der Waals surface area contributed by atoms with Gasteiger partial charge in [-0.1, -0.05) is 6.92 Å². The molecule has 0 aliphatic carbocycles. The van der Waals surface area contributed by atoms with Crippen molar-refractivity contribution in [3.63, 3.8) is 0 Å². The highest BCUT2D eigenvalue weighted by molar-refractivity contribution is 7.17. The topological polar surface area (TPSA) is 68.0 Å². The van der Waals surface area contributed by atoms with Gasteiger partial charge in [0, 0.05) is 12.7 Å². The van der Waals surface area contributed by atoms with Gasteiger partial charge in [-0.3, -0.25) is 4.68 Å². The minimum Gasteiger partial charge on any atom is -0.477 e. The highest BCUT2D eigenvalue weighted by Crippen LogP contribution is 2.30. The van der Waals surface area contributed by atoms with E-state index in [1.165, 1.54) is 11.3 Å². The van der Waals surface area contributed by atoms with E-state index in [4.69, 9.17) is 5.11 Å². The maximum Gasteiger partial charge on any atom is 0.347 e. The van der Waals surface area contributed by atoms with Crippen molar-refractivity contribution in [3.05, 3.63) is 22.5 Å². The van der Waals surface area contributed by atoms with Crippen LogP contribution in [-0.4, -0.2) is 25.8 Å². The summed E-state index contributed by atoms with van der Waals surface area (Å²) in [4.78, 5) is 15.8. The van der Waals surface area contributed by atoms with Crippen molar-refractivity contribution in [3.8, 4) is 10.6 Å². The van der Waals surface area contributed by atoms with E-state index >= 15 is 0 Å². The first-order chi connectivity index (χ1) is 8.04. The average molecular weight is 251 g/mol. The quantitative estimate of drug-likeness (QED) is 0.907. The normalized spacial score (nSPS) is 10.8. The van der Waals surface area contributed by atoms with E-state index in [0.717, 1.165) is 16.3 Å². The van der Waals surface area contributed by atoms with E-state index in [2.05, 4.69) is 10.1 Å². The second-order valence-electron chi connectivity index (χ2n) is 3.72. The van der Waals surface area contributed by atoms with E-state index in [1.54, 1.807) is 10.9 Å². The third kappa shape index (κ3) is 1.95. The first-order valence-corrected chi connectivity index (χ1v) is 6.08. The molecule has 0 aromatic carbocycles. The highest BCUT2D eigenvalue weighted by Gasteiger charge is 2.18. The standard InChI is InChI=1S/C11H13N3O2S/c1-4-8-9(11(15)16)17-10(13-8)7-5-12-14(3)6(7)2/h5H,4H2,1-3H3,(H,15,16). The van der Waals surface area contributed by atoms with E-state index in [-0.39, 0.29) is 0 Å². The van der Waals surface area contributed by atoms with Crippen LogP contribution in [0.1, 0.15) is 28.0 Å². The van der Waals surface area contributed by atoms with Gasteiger partial charge in [0.2, 0.25) is 0 Å². The summed E-state index contributed by atoms with van der Waals surface area (Å²) in [5.74, 6) is -0.910. The Labute approximate surface area is 103 Å². The fraction of sp³-hybridized carbons (Fsp3) is 0.364. The predicted molar refractivity (Wildman–Crippen MR) is 65.4 cm³/mol. The number of aromatic nitrogens is 3. The molecule has 2 rings (SSSR count). The van der Waals surface area contributed by atoms with Crippen LogP contribution in [0.5, 0.6) is 0 Å². The lowest BCUT2D eigenvalue weighted by molar-refractivity contribution is 0.0701. The molecule has 0 atom stereocenters. The predicted octanol–water partition coefficient (Wildman–Crippen LogP) is 2.11. The van der Waals surface area contributed by atoms with Gasteiger partial charge in [0.05, 0.1) is 17.5 Å². The number of nitrogens with zero attached hydrogens (tertiary/aromatic N) is 3. The molecule has 5 nitrogen and oxygen atoms in total. The van der Waals surface area contributed by atoms with Gasteiger partial charge in [0.15, 0.2) is 0 Å². The Kier molecular flexibility index (Phi) is 2.97. The molecule has 0 spiro atoms. The minimum atomic E-state index is -0.910. The smallest absolute Gasteiger partial charge is 0.347 e. The molecule has 2 aromatic rings. The van der Waals surface area contributed by atoms with Gasteiger partial charge in [-0.15, -0.1) is 11.3 Å². The molecule has 0 aliphatic rings. The second-order valence-corrected chi connectivity index (χ2v) is 4.72. The maximum atomic E-state index is 11.1. The minimum absolute atomic E-state index is 0.325. The van der Waals surface area contributed by atoms with Crippen molar-refractivity contribution in [2.75, 3.05) is 0 Å². The van der Waals surface area contributed by atoms with Gasteiger partial charge in [0.1, 0.15) is 9.88 Å². The molecule has 0 bridgehead atoms. The Bertz CT molecular complexity index is 571. The Hall–Kier alpha value is -1.69. The summed E-state index contributed by atoms with van der Waals surface area (Å²) in [6.07, 6.45) is 2.34. The number of rotatable bonds is 3. The lowest BCUT2D eigenvalue weighted by Gasteiger charge is -1.95. The molecule has 17 heavy (non-hydrogen) atoms. The summed E-state index contributed by atoms with van der Waals surface area (Å²) >= 11 is 1.21. The zero-order valence-corrected chi connectivity index (χ0v) is 10.7. The largest absolute Gasteiger partial charge is 0.477 e. The van der Waals surface area contributed by atoms with E-state index in [1.807, 2.05) is 20.9 Å². The van der Waals surface area contributed by atoms with Crippen LogP contribution in [0.2, 0.25) is 0 Å². The number of aryl methyl sites for hydroxylation is 2. The van der Waals surface area contributed by atoms with Crippen LogP contribution in [0.3, 0.4) is 0 Å². The lowest BCUT2D eigenvalue weighted by atomic mass is 10.2. The summed E-state index contributed by atoms with van der Waals surface area (Å²) in [6, 6.07) is 0. The van der Waals surface area contributed by atoms with E-state index < -0.39 is 5.97 Å². The Balaban J connectivity index is 2.54. The molecule has 0 unspecified atom stereocenters. The molecule has 0 aliphatic heterocycles. The maximum absolute atomic E-state index is 11.1. The van der Waals surface area contributed by atoms with Crippen molar-refractivity contribution in [2.24, 2.45) is 7.05 Å². The molecule has 0 fully saturated rings. The van der Waals surface area contributed by atoms with Crippen LogP contribution in [0, 0.1) is 6.92 Å². The number of thiazole rings is 1. The fourth-order valence-electron chi connectivity index (χ4n) is 1.58. The molecular weight excluding hydrogens is 238 g/mol. The van der Waals surface area contributed by atoms with Crippen LogP contribution in [0.4, 0.5) is 0 Å². The number of carboxylic acids is 1. The van der Waals surface area contributed by atoms with E-state index in [0.29, 0.717) is 17.0 Å². The second kappa shape index (κ2) is 4.29. The fourth-order valence-corrected chi connectivity index (χ4v) is 2.64. The molecule has 0 saturated heterocycles. The molecule has 0 radical (unpaired) electrons. The molecule has 0 amide bonds. The van der Waals surface area contributed by atoms with Gasteiger partial charge in [-0.2, -0.15) is 5.10 Å². The van der Waals surface area contributed by atoms with Crippen LogP contribution in [0.25, 0.3) is 10.6 Å². The number of carboxylic acid groups (broad SMARTS) is 1. The Morgan fingerprint density at radius 1 is 1.59 bits per heavy atom. The number of hydrogen-bond donors (Lipinski definition) is 1. The lowest BCUT2D eigenvalue weighted by Crippen LogP contribution is -1.97. The summed E-state index contributed by atoms with van der Waals surface area (Å²) in [6.45, 7) is 3.84. The van der Waals surface area contributed by atoms with Gasteiger partial charge < -0.3 is 5.11 Å². The summed E-state index contributed by atoms with van der Waals surface area (Å²) in [7, 11) is 1.85. The zero-order valence-electron chi connectivity index (χ0n) is 9.89. The van der Waals surface area contributed by atoms with Gasteiger partial charge in [0.25, 0.3) is 0 Å². The van der Waals surface area contributed by atoms with Crippen molar-refractivity contribution in [2.45, 2.75) is 20.3 Å². The molecule has 6 heteroatoms.